The first-order valence-corrected chi connectivity index (χ1v) is 12.0. The van der Waals surface area contributed by atoms with Gasteiger partial charge in [-0.2, -0.15) is 5.26 Å². The fourth-order valence-electron chi connectivity index (χ4n) is 4.19. The van der Waals surface area contributed by atoms with Gasteiger partial charge in [-0.1, -0.05) is 37.6 Å². The summed E-state index contributed by atoms with van der Waals surface area (Å²) in [5.41, 5.74) is 0.910. The van der Waals surface area contributed by atoms with Crippen molar-refractivity contribution < 1.29 is 39.5 Å². The summed E-state index contributed by atoms with van der Waals surface area (Å²) in [7, 11) is 1.56. The molecule has 3 unspecified atom stereocenters. The van der Waals surface area contributed by atoms with Crippen molar-refractivity contribution in [1.82, 2.24) is 10.2 Å². The van der Waals surface area contributed by atoms with Crippen LogP contribution in [0.25, 0.3) is 10.8 Å². The number of carboxylic acids is 2. The summed E-state index contributed by atoms with van der Waals surface area (Å²) in [6.07, 6.45) is 0.134. The summed E-state index contributed by atoms with van der Waals surface area (Å²) in [5, 5.41) is 46.7. The number of methoxy groups -OCH3 is 1. The normalized spacial score (nSPS) is 16.7. The number of aliphatic carboxylic acids is 2. The lowest BCUT2D eigenvalue weighted by molar-refractivity contribution is -0.165. The number of benzene rings is 2. The molecule has 200 valence electrons. The van der Waals surface area contributed by atoms with Gasteiger partial charge in [0, 0.05) is 23.4 Å². The number of ether oxygens (including phenoxy) is 1. The number of amides is 1. The van der Waals surface area contributed by atoms with E-state index in [4.69, 9.17) is 25.2 Å². The Balaban J connectivity index is 0.000000410. The Bertz CT molecular complexity index is 1130. The molecule has 11 heteroatoms. The molecule has 11 nitrogen and oxygen atoms in total. The number of fused-ring (bicyclic) bond motifs is 1. The molecule has 0 bridgehead atoms. The fraction of sp³-hybridized carbons (Fsp3) is 0.462. The van der Waals surface area contributed by atoms with Gasteiger partial charge in [0.05, 0.1) is 24.3 Å². The minimum Gasteiger partial charge on any atom is -0.495 e. The number of likely N-dealkylation sites (tertiary alicyclic amines) is 1. The molecule has 1 amide bonds. The number of nitrogens with one attached hydrogen (secondary N) is 1. The van der Waals surface area contributed by atoms with E-state index in [0.29, 0.717) is 29.5 Å². The van der Waals surface area contributed by atoms with Crippen LogP contribution in [0.15, 0.2) is 30.3 Å². The number of aliphatic hydroxyl groups is 2. The lowest BCUT2D eigenvalue weighted by atomic mass is 9.99. The number of aliphatic hydroxyl groups excluding tert-OH is 2. The van der Waals surface area contributed by atoms with Gasteiger partial charge in [0.1, 0.15) is 5.75 Å². The largest absolute Gasteiger partial charge is 0.495 e. The second-order valence-electron chi connectivity index (χ2n) is 8.62. The third-order valence-corrected chi connectivity index (χ3v) is 6.17. The first-order valence-electron chi connectivity index (χ1n) is 12.0. The molecule has 0 spiro atoms. The zero-order valence-corrected chi connectivity index (χ0v) is 20.9. The van der Waals surface area contributed by atoms with Gasteiger partial charge in [-0.3, -0.25) is 9.69 Å². The van der Waals surface area contributed by atoms with Crippen LogP contribution in [0.1, 0.15) is 48.5 Å². The van der Waals surface area contributed by atoms with Crippen LogP contribution in [0.4, 0.5) is 0 Å². The van der Waals surface area contributed by atoms with E-state index in [1.807, 2.05) is 24.3 Å². The third kappa shape index (κ3) is 7.63. The van der Waals surface area contributed by atoms with Crippen LogP contribution < -0.4 is 10.1 Å². The molecular formula is C26H33N3O8. The second-order valence-corrected chi connectivity index (χ2v) is 8.62. The predicted octanol–water partition coefficient (Wildman–Crippen LogP) is 1.59. The highest BCUT2D eigenvalue weighted by Crippen LogP contribution is 2.32. The zero-order chi connectivity index (χ0) is 27.5. The molecule has 1 fully saturated rings. The van der Waals surface area contributed by atoms with E-state index in [1.54, 1.807) is 13.2 Å². The minimum absolute atomic E-state index is 0.184. The predicted molar refractivity (Wildman–Crippen MR) is 134 cm³/mol. The van der Waals surface area contributed by atoms with Crippen molar-refractivity contribution >= 4 is 28.6 Å². The number of nitrogens with zero attached hydrogens (tertiary/aromatic N) is 2. The van der Waals surface area contributed by atoms with E-state index < -0.39 is 24.1 Å². The van der Waals surface area contributed by atoms with E-state index >= 15 is 0 Å². The molecule has 37 heavy (non-hydrogen) atoms. The van der Waals surface area contributed by atoms with Crippen LogP contribution in [-0.2, 0) is 9.59 Å². The summed E-state index contributed by atoms with van der Waals surface area (Å²) in [6, 6.07) is 11.8. The van der Waals surface area contributed by atoms with Crippen LogP contribution in [0.2, 0.25) is 0 Å². The third-order valence-electron chi connectivity index (χ3n) is 6.17. The van der Waals surface area contributed by atoms with Crippen molar-refractivity contribution in [3.05, 3.63) is 41.5 Å². The number of carboxylic acid groups (broad SMARTS) is 2. The molecule has 1 saturated heterocycles. The monoisotopic (exact) mass is 515 g/mol. The molecule has 1 heterocycles. The second kappa shape index (κ2) is 14.1. The van der Waals surface area contributed by atoms with Crippen LogP contribution >= 0.6 is 0 Å². The van der Waals surface area contributed by atoms with Crippen molar-refractivity contribution in [1.29, 1.82) is 5.26 Å². The van der Waals surface area contributed by atoms with Crippen LogP contribution in [0.3, 0.4) is 0 Å². The lowest BCUT2D eigenvalue weighted by Gasteiger charge is -2.24. The molecule has 0 aliphatic carbocycles. The summed E-state index contributed by atoms with van der Waals surface area (Å²) in [6.45, 7) is 5.03. The molecule has 3 rings (SSSR count). The van der Waals surface area contributed by atoms with E-state index in [0.717, 1.165) is 30.3 Å². The minimum atomic E-state index is -2.27. The summed E-state index contributed by atoms with van der Waals surface area (Å²) in [4.78, 5) is 34.9. The highest BCUT2D eigenvalue weighted by atomic mass is 16.5. The van der Waals surface area contributed by atoms with Crippen molar-refractivity contribution in [3.63, 3.8) is 0 Å². The van der Waals surface area contributed by atoms with Crippen molar-refractivity contribution in [2.75, 3.05) is 26.7 Å². The van der Waals surface area contributed by atoms with Crippen molar-refractivity contribution in [2.45, 2.75) is 50.9 Å². The topological polar surface area (TPSA) is 180 Å². The Hall–Kier alpha value is -3.72. The lowest BCUT2D eigenvalue weighted by Crippen LogP contribution is -2.40. The molecule has 0 aromatic heterocycles. The zero-order valence-electron chi connectivity index (χ0n) is 20.9. The molecule has 0 radical (unpaired) electrons. The first-order chi connectivity index (χ1) is 17.7. The number of carbonyl (C=O) groups excluding carboxylic acids is 1. The van der Waals surface area contributed by atoms with E-state index in [9.17, 15) is 19.6 Å². The van der Waals surface area contributed by atoms with E-state index in [2.05, 4.69) is 23.2 Å². The Morgan fingerprint density at radius 3 is 2.32 bits per heavy atom. The Kier molecular flexibility index (Phi) is 11.3. The Morgan fingerprint density at radius 2 is 1.78 bits per heavy atom. The summed E-state index contributed by atoms with van der Waals surface area (Å²) in [5.74, 6) is -3.20. The smallest absolute Gasteiger partial charge is 0.335 e. The van der Waals surface area contributed by atoms with Crippen molar-refractivity contribution in [3.8, 4) is 11.8 Å². The molecule has 3 atom stereocenters. The van der Waals surface area contributed by atoms with Gasteiger partial charge in [-0.25, -0.2) is 9.59 Å². The van der Waals surface area contributed by atoms with Gasteiger partial charge in [0.2, 0.25) is 0 Å². The Morgan fingerprint density at radius 1 is 1.16 bits per heavy atom. The maximum atomic E-state index is 12.9. The molecule has 2 aromatic carbocycles. The molecule has 1 aliphatic rings. The maximum Gasteiger partial charge on any atom is 0.335 e. The van der Waals surface area contributed by atoms with Crippen LogP contribution in [0, 0.1) is 11.3 Å². The average Bonchev–Trinajstić information content (AvgIpc) is 3.35. The van der Waals surface area contributed by atoms with Gasteiger partial charge in [-0.05, 0) is 38.4 Å². The molecule has 0 saturated carbocycles. The molecular weight excluding hydrogens is 482 g/mol. The summed E-state index contributed by atoms with van der Waals surface area (Å²) < 4.78 is 5.54. The highest BCUT2D eigenvalue weighted by molar-refractivity contribution is 6.05. The molecule has 2 aromatic rings. The van der Waals surface area contributed by atoms with Gasteiger partial charge in [-0.15, -0.1) is 0 Å². The van der Waals surface area contributed by atoms with Crippen LogP contribution in [-0.4, -0.2) is 88.2 Å². The number of nitriles is 1. The summed E-state index contributed by atoms with van der Waals surface area (Å²) >= 11 is 0. The van der Waals surface area contributed by atoms with Gasteiger partial charge in [0.25, 0.3) is 5.91 Å². The van der Waals surface area contributed by atoms with Crippen LogP contribution in [0.5, 0.6) is 5.75 Å². The van der Waals surface area contributed by atoms with Crippen molar-refractivity contribution in [2.24, 2.45) is 0 Å². The number of carbonyl (C=O) groups is 3. The van der Waals surface area contributed by atoms with E-state index in [-0.39, 0.29) is 5.91 Å². The maximum absolute atomic E-state index is 12.9. The van der Waals surface area contributed by atoms with E-state index in [1.165, 1.54) is 19.3 Å². The number of hydrogen-bond donors (Lipinski definition) is 5. The fourth-order valence-corrected chi connectivity index (χ4v) is 4.19. The Labute approximate surface area is 214 Å². The number of rotatable bonds is 10. The quantitative estimate of drug-likeness (QED) is 0.312. The average molecular weight is 516 g/mol. The van der Waals surface area contributed by atoms with Gasteiger partial charge >= 0.3 is 11.9 Å². The molecule has 1 aliphatic heterocycles. The standard InChI is InChI=1S/C22H27N3O2.C4H6O6/c1-3-4-11-25-12-7-8-17(25)15-24-22(26)20-13-16(14-23)18-9-5-6-10-19(18)21(20)27-2;5-1(3(7)8)2(6)4(9)10/h5-6,9-10,13,17H,3-4,7-8,11-12,15H2,1-2H3,(H,24,26);1-2,5-6H,(H,7,8)(H,9,10). The number of unbranched alkanes of at least 4 members (excludes halogenated alkanes) is 1. The molecule has 5 N–H and O–H groups in total. The SMILES string of the molecule is CCCCN1CCCC1CNC(=O)c1cc(C#N)c2ccccc2c1OC.O=C(O)C(O)C(O)C(=O)O. The number of hydrogen-bond acceptors (Lipinski definition) is 8. The van der Waals surface area contributed by atoms with Gasteiger partial charge in [0.15, 0.2) is 12.2 Å². The highest BCUT2D eigenvalue weighted by Gasteiger charge is 2.29. The van der Waals surface area contributed by atoms with Gasteiger partial charge < -0.3 is 30.5 Å². The first kappa shape index (κ1) is 29.5.